The van der Waals surface area contributed by atoms with Gasteiger partial charge in [0.1, 0.15) is 0 Å². The summed E-state index contributed by atoms with van der Waals surface area (Å²) < 4.78 is 23.9. The Hall–Kier alpha value is -0.870. The van der Waals surface area contributed by atoms with Gasteiger partial charge >= 0.3 is 0 Å². The predicted octanol–water partition coefficient (Wildman–Crippen LogP) is 1.24. The molecular formula is C13H20N4O3S3. The topological polar surface area (TPSA) is 92.3 Å². The number of sulfone groups is 1. The second-order valence-corrected chi connectivity index (χ2v) is 10.9. The van der Waals surface area contributed by atoms with Gasteiger partial charge in [-0.2, -0.15) is 0 Å². The molecule has 0 radical (unpaired) electrons. The molecule has 1 aromatic rings. The number of nitrogens with one attached hydrogen (secondary N) is 1. The fraction of sp³-hybridized carbons (Fsp3) is 0.769. The van der Waals surface area contributed by atoms with Gasteiger partial charge in [-0.3, -0.25) is 4.79 Å². The van der Waals surface area contributed by atoms with Gasteiger partial charge in [0.2, 0.25) is 11.0 Å². The second-order valence-electron chi connectivity index (χ2n) is 6.06. The Balaban J connectivity index is 1.55. The Morgan fingerprint density at radius 1 is 1.39 bits per heavy atom. The van der Waals surface area contributed by atoms with Gasteiger partial charge in [-0.05, 0) is 26.2 Å². The molecule has 3 rings (SSSR count). The number of amides is 1. The first-order valence-corrected chi connectivity index (χ1v) is 11.1. The van der Waals surface area contributed by atoms with Crippen LogP contribution in [0.1, 0.15) is 26.2 Å². The van der Waals surface area contributed by atoms with Crippen molar-refractivity contribution in [3.8, 4) is 0 Å². The zero-order valence-electron chi connectivity index (χ0n) is 13.1. The fourth-order valence-corrected chi connectivity index (χ4v) is 6.32. The molecular weight excluding hydrogens is 356 g/mol. The molecule has 2 aliphatic rings. The molecule has 0 bridgehead atoms. The van der Waals surface area contributed by atoms with Gasteiger partial charge < -0.3 is 10.2 Å². The molecule has 2 heterocycles. The van der Waals surface area contributed by atoms with Crippen LogP contribution in [0.2, 0.25) is 0 Å². The van der Waals surface area contributed by atoms with Crippen molar-refractivity contribution in [1.29, 1.82) is 0 Å². The SMILES string of the molecule is C[C@H](Sc1nnc(NC2CC2)s1)C(=O)N(C)[C@@H]1CCS(=O)(=O)C1. The first kappa shape index (κ1) is 17.0. The summed E-state index contributed by atoms with van der Waals surface area (Å²) in [7, 11) is -1.30. The molecule has 0 spiro atoms. The number of anilines is 1. The number of thioether (sulfide) groups is 1. The van der Waals surface area contributed by atoms with Gasteiger partial charge in [0.15, 0.2) is 14.2 Å². The zero-order valence-corrected chi connectivity index (χ0v) is 15.5. The van der Waals surface area contributed by atoms with Crippen molar-refractivity contribution < 1.29 is 13.2 Å². The number of carbonyl (C=O) groups excluding carboxylic acids is 1. The molecule has 1 aromatic heterocycles. The van der Waals surface area contributed by atoms with E-state index in [0.717, 1.165) is 9.47 Å². The average Bonchev–Trinajstić information content (AvgIpc) is 3.07. The van der Waals surface area contributed by atoms with E-state index in [4.69, 9.17) is 0 Å². The monoisotopic (exact) mass is 376 g/mol. The highest BCUT2D eigenvalue weighted by atomic mass is 32.2. The van der Waals surface area contributed by atoms with Crippen LogP contribution in [0.5, 0.6) is 0 Å². The predicted molar refractivity (Wildman–Crippen MR) is 91.7 cm³/mol. The molecule has 1 amide bonds. The van der Waals surface area contributed by atoms with E-state index in [-0.39, 0.29) is 28.7 Å². The molecule has 7 nitrogen and oxygen atoms in total. The summed E-state index contributed by atoms with van der Waals surface area (Å²) in [5, 5.41) is 12.0. The summed E-state index contributed by atoms with van der Waals surface area (Å²) in [5.41, 5.74) is 0. The third kappa shape index (κ3) is 4.36. The van der Waals surface area contributed by atoms with E-state index in [2.05, 4.69) is 15.5 Å². The summed E-state index contributed by atoms with van der Waals surface area (Å²) in [5.74, 6) is 0.175. The van der Waals surface area contributed by atoms with Crippen LogP contribution in [-0.4, -0.2) is 65.3 Å². The van der Waals surface area contributed by atoms with Crippen LogP contribution in [0, 0.1) is 0 Å². The molecule has 2 atom stereocenters. The Labute approximate surface area is 144 Å². The molecule has 1 saturated heterocycles. The van der Waals surface area contributed by atoms with E-state index in [1.54, 1.807) is 11.9 Å². The van der Waals surface area contributed by atoms with Crippen molar-refractivity contribution in [2.24, 2.45) is 0 Å². The molecule has 1 saturated carbocycles. The summed E-state index contributed by atoms with van der Waals surface area (Å²) in [6.07, 6.45) is 2.87. The maximum absolute atomic E-state index is 12.5. The lowest BCUT2D eigenvalue weighted by Crippen LogP contribution is -2.41. The number of nitrogens with zero attached hydrogens (tertiary/aromatic N) is 3. The number of rotatable bonds is 6. The lowest BCUT2D eigenvalue weighted by Gasteiger charge is -2.25. The highest BCUT2D eigenvalue weighted by molar-refractivity contribution is 8.02. The second kappa shape index (κ2) is 6.56. The van der Waals surface area contributed by atoms with Crippen LogP contribution in [-0.2, 0) is 14.6 Å². The van der Waals surface area contributed by atoms with Crippen molar-refractivity contribution in [2.75, 3.05) is 23.9 Å². The third-order valence-electron chi connectivity index (χ3n) is 4.04. The lowest BCUT2D eigenvalue weighted by molar-refractivity contribution is -0.130. The summed E-state index contributed by atoms with van der Waals surface area (Å²) in [6.45, 7) is 1.82. The molecule has 2 fully saturated rings. The highest BCUT2D eigenvalue weighted by Crippen LogP contribution is 2.32. The lowest BCUT2D eigenvalue weighted by atomic mass is 10.2. The number of aromatic nitrogens is 2. The number of hydrogen-bond donors (Lipinski definition) is 1. The Morgan fingerprint density at radius 2 is 2.13 bits per heavy atom. The van der Waals surface area contributed by atoms with Crippen molar-refractivity contribution in [3.63, 3.8) is 0 Å². The quantitative estimate of drug-likeness (QED) is 0.747. The van der Waals surface area contributed by atoms with E-state index in [1.807, 2.05) is 6.92 Å². The molecule has 1 aliphatic carbocycles. The van der Waals surface area contributed by atoms with E-state index < -0.39 is 9.84 Å². The van der Waals surface area contributed by atoms with E-state index in [1.165, 1.54) is 35.9 Å². The normalized spacial score (nSPS) is 24.3. The average molecular weight is 377 g/mol. The molecule has 1 N–H and O–H groups in total. The Morgan fingerprint density at radius 3 is 2.74 bits per heavy atom. The van der Waals surface area contributed by atoms with Gasteiger partial charge in [-0.1, -0.05) is 23.1 Å². The minimum Gasteiger partial charge on any atom is -0.357 e. The maximum atomic E-state index is 12.5. The number of hydrogen-bond acceptors (Lipinski definition) is 8. The maximum Gasteiger partial charge on any atom is 0.235 e. The minimum atomic E-state index is -2.99. The Bertz CT molecular complexity index is 686. The van der Waals surface area contributed by atoms with Crippen molar-refractivity contribution in [2.45, 2.75) is 47.9 Å². The van der Waals surface area contributed by atoms with Crippen LogP contribution in [0.25, 0.3) is 0 Å². The highest BCUT2D eigenvalue weighted by Gasteiger charge is 2.34. The summed E-state index contributed by atoms with van der Waals surface area (Å²) in [4.78, 5) is 14.1. The van der Waals surface area contributed by atoms with Crippen LogP contribution >= 0.6 is 23.1 Å². The van der Waals surface area contributed by atoms with Gasteiger partial charge in [0.05, 0.1) is 16.8 Å². The molecule has 23 heavy (non-hydrogen) atoms. The first-order valence-electron chi connectivity index (χ1n) is 7.58. The Kier molecular flexibility index (Phi) is 4.84. The smallest absolute Gasteiger partial charge is 0.235 e. The standard InChI is InChI=1S/C13H20N4O3S3/c1-8(11(18)17(2)10-5-6-23(19,20)7-10)21-13-16-15-12(22-13)14-9-3-4-9/h8-10H,3-7H2,1-2H3,(H,14,15)/t8-,10+/m0/s1. The molecule has 1 aliphatic heterocycles. The summed E-state index contributed by atoms with van der Waals surface area (Å²) >= 11 is 2.82. The van der Waals surface area contributed by atoms with E-state index in [9.17, 15) is 13.2 Å². The zero-order chi connectivity index (χ0) is 16.6. The van der Waals surface area contributed by atoms with Crippen molar-refractivity contribution in [3.05, 3.63) is 0 Å². The molecule has 10 heteroatoms. The summed E-state index contributed by atoms with van der Waals surface area (Å²) in [6, 6.07) is 0.312. The van der Waals surface area contributed by atoms with Gasteiger partial charge in [0.25, 0.3) is 0 Å². The van der Waals surface area contributed by atoms with Crippen LogP contribution < -0.4 is 5.32 Å². The van der Waals surface area contributed by atoms with Crippen LogP contribution in [0.4, 0.5) is 5.13 Å². The van der Waals surface area contributed by atoms with Gasteiger partial charge in [-0.25, -0.2) is 8.42 Å². The largest absolute Gasteiger partial charge is 0.357 e. The first-order chi connectivity index (χ1) is 10.8. The van der Waals surface area contributed by atoms with Crippen LogP contribution in [0.15, 0.2) is 4.34 Å². The van der Waals surface area contributed by atoms with Crippen molar-refractivity contribution >= 4 is 44.0 Å². The number of carbonyl (C=O) groups is 1. The van der Waals surface area contributed by atoms with Gasteiger partial charge in [0, 0.05) is 19.1 Å². The van der Waals surface area contributed by atoms with E-state index >= 15 is 0 Å². The van der Waals surface area contributed by atoms with Crippen LogP contribution in [0.3, 0.4) is 0 Å². The van der Waals surface area contributed by atoms with Gasteiger partial charge in [-0.15, -0.1) is 10.2 Å². The van der Waals surface area contributed by atoms with E-state index in [0.29, 0.717) is 12.5 Å². The third-order valence-corrected chi connectivity index (χ3v) is 7.82. The minimum absolute atomic E-state index is 0.0657. The fourth-order valence-electron chi connectivity index (χ4n) is 2.47. The molecule has 128 valence electrons. The molecule has 0 aromatic carbocycles. The van der Waals surface area contributed by atoms with Crippen molar-refractivity contribution in [1.82, 2.24) is 15.1 Å². The molecule has 0 unspecified atom stereocenters.